The summed E-state index contributed by atoms with van der Waals surface area (Å²) in [5.74, 6) is -2.15. The predicted molar refractivity (Wildman–Crippen MR) is 121 cm³/mol. The number of carboxylic acid groups (broad SMARTS) is 1. The number of hydrogen-bond acceptors (Lipinski definition) is 6. The van der Waals surface area contributed by atoms with Gasteiger partial charge in [0.2, 0.25) is 0 Å². The fourth-order valence-electron chi connectivity index (χ4n) is 4.54. The lowest BCUT2D eigenvalue weighted by Gasteiger charge is -2.27. The summed E-state index contributed by atoms with van der Waals surface area (Å²) in [5, 5.41) is 9.57. The molecule has 0 radical (unpaired) electrons. The Kier molecular flexibility index (Phi) is 5.66. The summed E-state index contributed by atoms with van der Waals surface area (Å²) in [7, 11) is 0. The Morgan fingerprint density at radius 3 is 2.12 bits per heavy atom. The molecule has 4 rings (SSSR count). The number of benzene rings is 2. The maximum Gasteiger partial charge on any atom is 0.410 e. The van der Waals surface area contributed by atoms with Gasteiger partial charge in [0.25, 0.3) is 0 Å². The first-order chi connectivity index (χ1) is 15.5. The smallest absolute Gasteiger partial charge is 0.410 e. The third-order valence-corrected chi connectivity index (χ3v) is 6.06. The molecular formula is C25H28N2O6. The van der Waals surface area contributed by atoms with E-state index in [1.807, 2.05) is 48.5 Å². The molecule has 0 spiro atoms. The maximum absolute atomic E-state index is 13.1. The molecule has 0 saturated carbocycles. The highest BCUT2D eigenvalue weighted by molar-refractivity contribution is 5.88. The van der Waals surface area contributed by atoms with Gasteiger partial charge in [0.15, 0.2) is 0 Å². The molecule has 2 aromatic carbocycles. The molecule has 8 heteroatoms. The molecule has 2 aromatic rings. The van der Waals surface area contributed by atoms with E-state index in [1.54, 1.807) is 20.8 Å². The number of nitrogens with zero attached hydrogens (tertiary/aromatic N) is 1. The van der Waals surface area contributed by atoms with Gasteiger partial charge in [-0.2, -0.15) is 0 Å². The largest absolute Gasteiger partial charge is 0.480 e. The van der Waals surface area contributed by atoms with Crippen molar-refractivity contribution in [1.29, 1.82) is 0 Å². The van der Waals surface area contributed by atoms with Gasteiger partial charge < -0.3 is 20.3 Å². The molecule has 0 bridgehead atoms. The van der Waals surface area contributed by atoms with Gasteiger partial charge in [-0.05, 0) is 43.0 Å². The number of rotatable bonds is 4. The van der Waals surface area contributed by atoms with Gasteiger partial charge in [0, 0.05) is 12.3 Å². The van der Waals surface area contributed by atoms with Crippen molar-refractivity contribution >= 4 is 18.0 Å². The highest BCUT2D eigenvalue weighted by Gasteiger charge is 2.53. The van der Waals surface area contributed by atoms with E-state index in [1.165, 1.54) is 0 Å². The average Bonchev–Trinajstić information content (AvgIpc) is 3.28. The molecule has 1 saturated heterocycles. The average molecular weight is 453 g/mol. The zero-order chi connectivity index (χ0) is 24.0. The van der Waals surface area contributed by atoms with Crippen LogP contribution in [-0.2, 0) is 19.1 Å². The molecule has 1 aliphatic carbocycles. The van der Waals surface area contributed by atoms with Crippen molar-refractivity contribution in [2.45, 2.75) is 50.3 Å². The number of esters is 1. The Bertz CT molecular complexity index is 1060. The first-order valence-electron chi connectivity index (χ1n) is 10.9. The van der Waals surface area contributed by atoms with Crippen molar-refractivity contribution in [2.24, 2.45) is 5.73 Å². The van der Waals surface area contributed by atoms with Crippen LogP contribution in [0.2, 0.25) is 0 Å². The van der Waals surface area contributed by atoms with Crippen molar-refractivity contribution in [3.63, 3.8) is 0 Å². The SMILES string of the molecule is CC(C)(C)OC(=O)[C@H]1C[C@@](N)(C(=O)O)CN1C(=O)OCC1c2ccccc2-c2ccccc21. The highest BCUT2D eigenvalue weighted by atomic mass is 16.6. The normalized spacial score (nSPS) is 21.9. The molecule has 1 heterocycles. The Morgan fingerprint density at radius 2 is 1.61 bits per heavy atom. The zero-order valence-electron chi connectivity index (χ0n) is 18.9. The quantitative estimate of drug-likeness (QED) is 0.684. The number of nitrogens with two attached hydrogens (primary N) is 1. The summed E-state index contributed by atoms with van der Waals surface area (Å²) >= 11 is 0. The van der Waals surface area contributed by atoms with Gasteiger partial charge in [-0.25, -0.2) is 9.59 Å². The minimum absolute atomic E-state index is 0.0506. The Hall–Kier alpha value is -3.39. The van der Waals surface area contributed by atoms with Crippen molar-refractivity contribution in [3.8, 4) is 11.1 Å². The van der Waals surface area contributed by atoms with Gasteiger partial charge >= 0.3 is 18.0 Å². The van der Waals surface area contributed by atoms with Crippen molar-refractivity contribution in [2.75, 3.05) is 13.2 Å². The van der Waals surface area contributed by atoms with Crippen molar-refractivity contribution in [1.82, 2.24) is 4.90 Å². The van der Waals surface area contributed by atoms with Crippen LogP contribution in [0.25, 0.3) is 11.1 Å². The van der Waals surface area contributed by atoms with E-state index in [0.29, 0.717) is 0 Å². The van der Waals surface area contributed by atoms with Crippen LogP contribution in [-0.4, -0.2) is 58.4 Å². The Balaban J connectivity index is 1.54. The molecule has 33 heavy (non-hydrogen) atoms. The number of aliphatic carboxylic acids is 1. The van der Waals surface area contributed by atoms with Gasteiger partial charge in [-0.1, -0.05) is 48.5 Å². The van der Waals surface area contributed by atoms with Crippen LogP contribution in [0, 0.1) is 0 Å². The third-order valence-electron chi connectivity index (χ3n) is 6.06. The van der Waals surface area contributed by atoms with E-state index in [0.717, 1.165) is 27.2 Å². The topological polar surface area (TPSA) is 119 Å². The molecule has 174 valence electrons. The number of amides is 1. The first-order valence-corrected chi connectivity index (χ1v) is 10.9. The first kappa shape index (κ1) is 22.8. The van der Waals surface area contributed by atoms with Crippen LogP contribution in [0.5, 0.6) is 0 Å². The molecule has 2 aliphatic rings. The highest BCUT2D eigenvalue weighted by Crippen LogP contribution is 2.44. The summed E-state index contributed by atoms with van der Waals surface area (Å²) in [6.45, 7) is 4.80. The van der Waals surface area contributed by atoms with E-state index >= 15 is 0 Å². The number of carbonyl (C=O) groups is 3. The molecule has 1 amide bonds. The van der Waals surface area contributed by atoms with E-state index in [2.05, 4.69) is 0 Å². The second kappa shape index (κ2) is 8.19. The number of carbonyl (C=O) groups excluding carboxylic acids is 2. The summed E-state index contributed by atoms with van der Waals surface area (Å²) in [6.07, 6.45) is -1.04. The van der Waals surface area contributed by atoms with Crippen LogP contribution < -0.4 is 5.73 Å². The second-order valence-electron chi connectivity index (χ2n) is 9.65. The van der Waals surface area contributed by atoms with Gasteiger partial charge in [-0.3, -0.25) is 9.69 Å². The summed E-state index contributed by atoms with van der Waals surface area (Å²) in [6, 6.07) is 14.7. The number of fused-ring (bicyclic) bond motifs is 3. The van der Waals surface area contributed by atoms with Crippen LogP contribution in [0.3, 0.4) is 0 Å². The third kappa shape index (κ3) is 4.30. The second-order valence-corrected chi connectivity index (χ2v) is 9.65. The van der Waals surface area contributed by atoms with Gasteiger partial charge in [0.05, 0.1) is 6.54 Å². The van der Waals surface area contributed by atoms with Crippen molar-refractivity contribution in [3.05, 3.63) is 59.7 Å². The fraction of sp³-hybridized carbons (Fsp3) is 0.400. The number of carboxylic acids is 1. The lowest BCUT2D eigenvalue weighted by atomic mass is 9.97. The molecule has 0 aromatic heterocycles. The van der Waals surface area contributed by atoms with E-state index in [4.69, 9.17) is 15.2 Å². The summed E-state index contributed by atoms with van der Waals surface area (Å²) < 4.78 is 11.0. The Morgan fingerprint density at radius 1 is 1.06 bits per heavy atom. The lowest BCUT2D eigenvalue weighted by molar-refractivity contribution is -0.159. The molecule has 8 nitrogen and oxygen atoms in total. The van der Waals surface area contributed by atoms with E-state index < -0.39 is 35.2 Å². The minimum Gasteiger partial charge on any atom is -0.480 e. The Labute approximate surface area is 192 Å². The molecule has 0 unspecified atom stereocenters. The molecule has 3 N–H and O–H groups in total. The van der Waals surface area contributed by atoms with Crippen molar-refractivity contribution < 1.29 is 29.0 Å². The molecule has 1 fully saturated rings. The van der Waals surface area contributed by atoms with Crippen LogP contribution in [0.15, 0.2) is 48.5 Å². The minimum atomic E-state index is -1.76. The zero-order valence-corrected chi connectivity index (χ0v) is 18.9. The monoisotopic (exact) mass is 452 g/mol. The van der Waals surface area contributed by atoms with Crippen LogP contribution >= 0.6 is 0 Å². The number of likely N-dealkylation sites (tertiary alicyclic amines) is 1. The number of ether oxygens (including phenoxy) is 2. The molecular weight excluding hydrogens is 424 g/mol. The predicted octanol–water partition coefficient (Wildman–Crippen LogP) is 3.13. The van der Waals surface area contributed by atoms with E-state index in [-0.39, 0.29) is 25.5 Å². The lowest BCUT2D eigenvalue weighted by Crippen LogP contribution is -2.50. The summed E-state index contributed by atoms with van der Waals surface area (Å²) in [5.41, 5.74) is 7.74. The number of hydrogen-bond donors (Lipinski definition) is 2. The fourth-order valence-corrected chi connectivity index (χ4v) is 4.54. The standard InChI is InChI=1S/C25H28N2O6/c1-24(2,3)33-21(28)20-12-25(26,22(29)30)14-27(20)23(31)32-13-19-17-10-6-4-8-15(17)16-9-5-7-11-18(16)19/h4-11,19-20H,12-14,26H2,1-3H3,(H,29,30)/t20-,25+/m1/s1. The van der Waals surface area contributed by atoms with Crippen LogP contribution in [0.1, 0.15) is 44.2 Å². The summed E-state index contributed by atoms with van der Waals surface area (Å²) in [4.78, 5) is 38.6. The van der Waals surface area contributed by atoms with Gasteiger partial charge in [-0.15, -0.1) is 0 Å². The maximum atomic E-state index is 13.1. The molecule has 1 aliphatic heterocycles. The van der Waals surface area contributed by atoms with E-state index in [9.17, 15) is 19.5 Å². The van der Waals surface area contributed by atoms with Crippen LogP contribution in [0.4, 0.5) is 4.79 Å². The molecule has 2 atom stereocenters. The van der Waals surface area contributed by atoms with Gasteiger partial charge in [0.1, 0.15) is 23.8 Å².